The molecular formula is C18H25N3O3. The highest BCUT2D eigenvalue weighted by atomic mass is 16.5. The standard InChI is InChI=1S/C18H25N3O3/c1-3-4-9-24-10-5-8-20-18(23)15(12-19)13-21-16-7-6-14(2)11-17(16)22/h6-7,11,13,21-22H,3-5,8-10H2,1-2H3,(H,20,23)/b15-13-. The van der Waals surface area contributed by atoms with Crippen LogP contribution in [0, 0.1) is 18.3 Å². The molecule has 0 spiro atoms. The van der Waals surface area contributed by atoms with Crippen LogP contribution in [0.3, 0.4) is 0 Å². The number of carbonyl (C=O) groups excluding carboxylic acids is 1. The number of aromatic hydroxyl groups is 1. The van der Waals surface area contributed by atoms with Crippen LogP contribution in [0.25, 0.3) is 0 Å². The first-order chi connectivity index (χ1) is 11.6. The van der Waals surface area contributed by atoms with Crippen LogP contribution in [0.15, 0.2) is 30.0 Å². The fourth-order valence-electron chi connectivity index (χ4n) is 1.88. The number of ether oxygens (including phenoxy) is 1. The van der Waals surface area contributed by atoms with Crippen molar-refractivity contribution in [2.75, 3.05) is 25.1 Å². The van der Waals surface area contributed by atoms with E-state index in [0.717, 1.165) is 25.0 Å². The van der Waals surface area contributed by atoms with Crippen LogP contribution in [-0.4, -0.2) is 30.8 Å². The summed E-state index contributed by atoms with van der Waals surface area (Å²) < 4.78 is 5.40. The number of aryl methyl sites for hydroxylation is 1. The van der Waals surface area contributed by atoms with Gasteiger partial charge in [-0.15, -0.1) is 0 Å². The molecule has 1 aromatic rings. The first kappa shape index (κ1) is 19.5. The van der Waals surface area contributed by atoms with E-state index >= 15 is 0 Å². The maximum Gasteiger partial charge on any atom is 0.263 e. The van der Waals surface area contributed by atoms with Crippen molar-refractivity contribution >= 4 is 11.6 Å². The second-order valence-corrected chi connectivity index (χ2v) is 5.41. The number of anilines is 1. The van der Waals surface area contributed by atoms with Crippen LogP contribution in [-0.2, 0) is 9.53 Å². The first-order valence-corrected chi connectivity index (χ1v) is 8.10. The monoisotopic (exact) mass is 331 g/mol. The van der Waals surface area contributed by atoms with Crippen LogP contribution >= 0.6 is 0 Å². The number of hydrogen-bond acceptors (Lipinski definition) is 5. The van der Waals surface area contributed by atoms with E-state index in [4.69, 9.17) is 10.00 Å². The number of nitrogens with one attached hydrogen (secondary N) is 2. The van der Waals surface area contributed by atoms with Gasteiger partial charge >= 0.3 is 0 Å². The molecule has 3 N–H and O–H groups in total. The van der Waals surface area contributed by atoms with Gasteiger partial charge in [0.25, 0.3) is 5.91 Å². The van der Waals surface area contributed by atoms with E-state index in [1.807, 2.05) is 19.1 Å². The Bertz CT molecular complexity index is 606. The van der Waals surface area contributed by atoms with Gasteiger partial charge in [0.2, 0.25) is 0 Å². The minimum absolute atomic E-state index is 0.0538. The van der Waals surface area contributed by atoms with E-state index < -0.39 is 5.91 Å². The lowest BCUT2D eigenvalue weighted by Crippen LogP contribution is -2.26. The van der Waals surface area contributed by atoms with Crippen molar-refractivity contribution in [3.8, 4) is 11.8 Å². The maximum absolute atomic E-state index is 11.9. The Labute approximate surface area is 143 Å². The van der Waals surface area contributed by atoms with E-state index in [1.54, 1.807) is 12.1 Å². The van der Waals surface area contributed by atoms with Gasteiger partial charge in [-0.25, -0.2) is 0 Å². The molecule has 0 radical (unpaired) electrons. The summed E-state index contributed by atoms with van der Waals surface area (Å²) in [6.07, 6.45) is 4.11. The molecule has 0 aromatic heterocycles. The van der Waals surface area contributed by atoms with Crippen LogP contribution < -0.4 is 10.6 Å². The normalized spacial score (nSPS) is 11.0. The fourth-order valence-corrected chi connectivity index (χ4v) is 1.88. The van der Waals surface area contributed by atoms with Gasteiger partial charge < -0.3 is 20.5 Å². The summed E-state index contributed by atoms with van der Waals surface area (Å²) in [6.45, 7) is 5.72. The van der Waals surface area contributed by atoms with Gasteiger partial charge in [0, 0.05) is 26.0 Å². The molecule has 6 nitrogen and oxygen atoms in total. The van der Waals surface area contributed by atoms with Crippen molar-refractivity contribution < 1.29 is 14.6 Å². The van der Waals surface area contributed by atoms with Gasteiger partial charge in [0.15, 0.2) is 0 Å². The van der Waals surface area contributed by atoms with Crippen LogP contribution in [0.5, 0.6) is 5.75 Å². The van der Waals surface area contributed by atoms with E-state index in [-0.39, 0.29) is 11.3 Å². The quantitative estimate of drug-likeness (QED) is 0.265. The van der Waals surface area contributed by atoms with Crippen molar-refractivity contribution in [3.05, 3.63) is 35.5 Å². The third-order valence-electron chi connectivity index (χ3n) is 3.28. The predicted molar refractivity (Wildman–Crippen MR) is 93.5 cm³/mol. The number of phenolic OH excluding ortho intramolecular Hbond substituents is 1. The Hall–Kier alpha value is -2.52. The summed E-state index contributed by atoms with van der Waals surface area (Å²) in [5.74, 6) is -0.390. The van der Waals surface area contributed by atoms with Crippen molar-refractivity contribution in [3.63, 3.8) is 0 Å². The zero-order valence-corrected chi connectivity index (χ0v) is 14.3. The maximum atomic E-state index is 11.9. The lowest BCUT2D eigenvalue weighted by molar-refractivity contribution is -0.117. The van der Waals surface area contributed by atoms with Gasteiger partial charge in [-0.2, -0.15) is 5.26 Å². The predicted octanol–water partition coefficient (Wildman–Crippen LogP) is 2.84. The minimum Gasteiger partial charge on any atom is -0.506 e. The number of rotatable bonds is 10. The Morgan fingerprint density at radius 3 is 2.79 bits per heavy atom. The van der Waals surface area contributed by atoms with Gasteiger partial charge in [0.1, 0.15) is 17.4 Å². The molecule has 0 saturated heterocycles. The molecule has 0 aliphatic carbocycles. The van der Waals surface area contributed by atoms with Crippen LogP contribution in [0.4, 0.5) is 5.69 Å². The molecule has 1 aromatic carbocycles. The Balaban J connectivity index is 2.41. The molecule has 0 unspecified atom stereocenters. The van der Waals surface area contributed by atoms with E-state index in [9.17, 15) is 9.90 Å². The number of unbranched alkanes of at least 4 members (excludes halogenated alkanes) is 1. The number of phenols is 1. The molecule has 130 valence electrons. The average Bonchev–Trinajstić information content (AvgIpc) is 2.56. The Morgan fingerprint density at radius 1 is 1.38 bits per heavy atom. The smallest absolute Gasteiger partial charge is 0.263 e. The summed E-state index contributed by atoms with van der Waals surface area (Å²) in [5.41, 5.74) is 1.30. The zero-order valence-electron chi connectivity index (χ0n) is 14.3. The number of benzene rings is 1. The minimum atomic E-state index is -0.454. The Kier molecular flexibility index (Phi) is 9.02. The highest BCUT2D eigenvalue weighted by Crippen LogP contribution is 2.23. The fraction of sp³-hybridized carbons (Fsp3) is 0.444. The third-order valence-corrected chi connectivity index (χ3v) is 3.28. The number of hydrogen-bond donors (Lipinski definition) is 3. The average molecular weight is 331 g/mol. The van der Waals surface area contributed by atoms with E-state index in [1.165, 1.54) is 6.20 Å². The molecule has 1 amide bonds. The van der Waals surface area contributed by atoms with Crippen molar-refractivity contribution in [2.45, 2.75) is 33.1 Å². The van der Waals surface area contributed by atoms with Crippen LogP contribution in [0.1, 0.15) is 31.7 Å². The van der Waals surface area contributed by atoms with E-state index in [0.29, 0.717) is 25.3 Å². The molecule has 0 saturated carbocycles. The highest BCUT2D eigenvalue weighted by molar-refractivity contribution is 5.97. The zero-order chi connectivity index (χ0) is 17.8. The lowest BCUT2D eigenvalue weighted by Gasteiger charge is -2.07. The third kappa shape index (κ3) is 7.16. The molecule has 1 rings (SSSR count). The summed E-state index contributed by atoms with van der Waals surface area (Å²) in [4.78, 5) is 11.9. The summed E-state index contributed by atoms with van der Waals surface area (Å²) in [5, 5.41) is 24.3. The molecule has 24 heavy (non-hydrogen) atoms. The van der Waals surface area contributed by atoms with Crippen molar-refractivity contribution in [1.82, 2.24) is 5.32 Å². The Morgan fingerprint density at radius 2 is 2.12 bits per heavy atom. The van der Waals surface area contributed by atoms with Gasteiger partial charge in [0.05, 0.1) is 5.69 Å². The summed E-state index contributed by atoms with van der Waals surface area (Å²) >= 11 is 0. The lowest BCUT2D eigenvalue weighted by atomic mass is 10.2. The second-order valence-electron chi connectivity index (χ2n) is 5.41. The topological polar surface area (TPSA) is 94.4 Å². The number of nitriles is 1. The van der Waals surface area contributed by atoms with Gasteiger partial charge in [-0.05, 0) is 37.5 Å². The molecule has 0 aliphatic rings. The van der Waals surface area contributed by atoms with Gasteiger partial charge in [-0.1, -0.05) is 19.4 Å². The number of carbonyl (C=O) groups is 1. The van der Waals surface area contributed by atoms with Crippen molar-refractivity contribution in [2.24, 2.45) is 0 Å². The largest absolute Gasteiger partial charge is 0.506 e. The van der Waals surface area contributed by atoms with Crippen molar-refractivity contribution in [1.29, 1.82) is 5.26 Å². The molecule has 0 atom stereocenters. The number of amides is 1. The second kappa shape index (κ2) is 11.1. The first-order valence-electron chi connectivity index (χ1n) is 8.10. The molecule has 0 aliphatic heterocycles. The SMILES string of the molecule is CCCCOCCCNC(=O)/C(C#N)=C\Nc1ccc(C)cc1O. The molecular weight excluding hydrogens is 306 g/mol. The number of nitrogens with zero attached hydrogens (tertiary/aromatic N) is 1. The molecule has 6 heteroatoms. The summed E-state index contributed by atoms with van der Waals surface area (Å²) in [6, 6.07) is 6.95. The van der Waals surface area contributed by atoms with E-state index in [2.05, 4.69) is 17.6 Å². The van der Waals surface area contributed by atoms with Gasteiger partial charge in [-0.3, -0.25) is 4.79 Å². The molecule has 0 heterocycles. The molecule has 0 fully saturated rings. The molecule has 0 bridgehead atoms. The van der Waals surface area contributed by atoms with Crippen LogP contribution in [0.2, 0.25) is 0 Å². The summed E-state index contributed by atoms with van der Waals surface area (Å²) in [7, 11) is 0. The highest BCUT2D eigenvalue weighted by Gasteiger charge is 2.08.